The highest BCUT2D eigenvalue weighted by molar-refractivity contribution is 7.16. The number of nitrogens with zero attached hydrogens (tertiary/aromatic N) is 1. The molecule has 2 aromatic carbocycles. The van der Waals surface area contributed by atoms with Gasteiger partial charge in [-0.3, -0.25) is 10.1 Å². The van der Waals surface area contributed by atoms with Crippen LogP contribution < -0.4 is 14.8 Å². The van der Waals surface area contributed by atoms with Crippen molar-refractivity contribution in [2.75, 3.05) is 19.0 Å². The summed E-state index contributed by atoms with van der Waals surface area (Å²) in [5.74, 6) is 1.70. The molecule has 1 heterocycles. The maximum Gasteiger partial charge on any atom is 0.250 e. The Hall–Kier alpha value is -3.12. The number of amides is 1. The molecule has 0 bridgehead atoms. The zero-order valence-electron chi connectivity index (χ0n) is 18.3. The van der Waals surface area contributed by atoms with Crippen molar-refractivity contribution < 1.29 is 14.3 Å². The summed E-state index contributed by atoms with van der Waals surface area (Å²) in [7, 11) is 1.61. The molecule has 0 unspecified atom stereocenters. The molecule has 1 N–H and O–H groups in total. The summed E-state index contributed by atoms with van der Waals surface area (Å²) < 4.78 is 11.2. The number of ether oxygens (including phenoxy) is 2. The van der Waals surface area contributed by atoms with Crippen LogP contribution >= 0.6 is 11.3 Å². The van der Waals surface area contributed by atoms with Crippen LogP contribution in [0.25, 0.3) is 17.3 Å². The summed E-state index contributed by atoms with van der Waals surface area (Å²) in [6, 6.07) is 15.6. The molecule has 0 saturated carbocycles. The third-order valence-electron chi connectivity index (χ3n) is 4.64. The van der Waals surface area contributed by atoms with Gasteiger partial charge in [-0.15, -0.1) is 11.3 Å². The molecule has 6 heteroatoms. The number of rotatable bonds is 9. The maximum absolute atomic E-state index is 12.4. The number of aryl methyl sites for hydroxylation is 1. The standard InChI is InChI=1S/C25H28N2O3S/c1-17(2)14-15-30-21-12-10-19(16-22(21)29-4)11-13-23(28)26-25-27-24(18(3)31-25)20-8-6-5-7-9-20/h5-13,16-17H,14-15H2,1-4H3,(H,26,27,28). The summed E-state index contributed by atoms with van der Waals surface area (Å²) in [6.45, 7) is 6.97. The Morgan fingerprint density at radius 1 is 1.16 bits per heavy atom. The molecule has 5 nitrogen and oxygen atoms in total. The van der Waals surface area contributed by atoms with E-state index in [1.165, 1.54) is 17.4 Å². The van der Waals surface area contributed by atoms with Crippen LogP contribution in [0.3, 0.4) is 0 Å². The normalized spacial score (nSPS) is 11.1. The van der Waals surface area contributed by atoms with Crippen molar-refractivity contribution in [2.24, 2.45) is 5.92 Å². The predicted molar refractivity (Wildman–Crippen MR) is 128 cm³/mol. The molecule has 0 spiro atoms. The summed E-state index contributed by atoms with van der Waals surface area (Å²) in [6.07, 6.45) is 4.22. The van der Waals surface area contributed by atoms with Gasteiger partial charge in [0.2, 0.25) is 5.91 Å². The number of thiazole rings is 1. The van der Waals surface area contributed by atoms with Gasteiger partial charge in [0.15, 0.2) is 16.6 Å². The second kappa shape index (κ2) is 10.8. The van der Waals surface area contributed by atoms with E-state index in [0.29, 0.717) is 29.2 Å². The van der Waals surface area contributed by atoms with Crippen LogP contribution in [0.5, 0.6) is 11.5 Å². The van der Waals surface area contributed by atoms with Gasteiger partial charge in [0.05, 0.1) is 19.4 Å². The molecule has 31 heavy (non-hydrogen) atoms. The van der Waals surface area contributed by atoms with Gasteiger partial charge in [0.25, 0.3) is 0 Å². The molecule has 1 aromatic heterocycles. The van der Waals surface area contributed by atoms with Crippen molar-refractivity contribution in [3.8, 4) is 22.8 Å². The van der Waals surface area contributed by atoms with E-state index in [-0.39, 0.29) is 5.91 Å². The summed E-state index contributed by atoms with van der Waals surface area (Å²) in [4.78, 5) is 18.0. The minimum atomic E-state index is -0.232. The van der Waals surface area contributed by atoms with Crippen molar-refractivity contribution in [1.82, 2.24) is 4.98 Å². The average molecular weight is 437 g/mol. The second-order valence-corrected chi connectivity index (χ2v) is 8.76. The topological polar surface area (TPSA) is 60.5 Å². The number of nitrogens with one attached hydrogen (secondary N) is 1. The Labute approximate surface area is 187 Å². The summed E-state index contributed by atoms with van der Waals surface area (Å²) in [5, 5.41) is 3.43. The molecule has 3 rings (SSSR count). The SMILES string of the molecule is COc1cc(C=CC(=O)Nc2nc(-c3ccccc3)c(C)s2)ccc1OCCC(C)C. The third-order valence-corrected chi connectivity index (χ3v) is 5.53. The third kappa shape index (κ3) is 6.43. The van der Waals surface area contributed by atoms with E-state index in [0.717, 1.165) is 28.1 Å². The molecule has 0 aliphatic heterocycles. The summed E-state index contributed by atoms with van der Waals surface area (Å²) in [5.41, 5.74) is 2.78. The van der Waals surface area contributed by atoms with Gasteiger partial charge >= 0.3 is 0 Å². The molecule has 1 amide bonds. The largest absolute Gasteiger partial charge is 0.493 e. The van der Waals surface area contributed by atoms with Crippen molar-refractivity contribution >= 4 is 28.5 Å². The van der Waals surface area contributed by atoms with Gasteiger partial charge in [-0.2, -0.15) is 0 Å². The number of hydrogen-bond acceptors (Lipinski definition) is 5. The van der Waals surface area contributed by atoms with E-state index in [9.17, 15) is 4.79 Å². The lowest BCUT2D eigenvalue weighted by molar-refractivity contribution is -0.111. The van der Waals surface area contributed by atoms with Crippen molar-refractivity contribution in [1.29, 1.82) is 0 Å². The Bertz CT molecular complexity index is 1040. The molecule has 0 fully saturated rings. The molecule has 0 atom stereocenters. The first kappa shape index (κ1) is 22.6. The van der Waals surface area contributed by atoms with Crippen LogP contribution in [0.4, 0.5) is 5.13 Å². The minimum absolute atomic E-state index is 0.232. The minimum Gasteiger partial charge on any atom is -0.493 e. The fraction of sp³-hybridized carbons (Fsp3) is 0.280. The number of carbonyl (C=O) groups excluding carboxylic acids is 1. The predicted octanol–water partition coefficient (Wildman–Crippen LogP) is 6.20. The van der Waals surface area contributed by atoms with E-state index in [1.807, 2.05) is 55.5 Å². The highest BCUT2D eigenvalue weighted by Crippen LogP contribution is 2.31. The Morgan fingerprint density at radius 2 is 1.94 bits per heavy atom. The lowest BCUT2D eigenvalue weighted by Gasteiger charge is -2.12. The summed E-state index contributed by atoms with van der Waals surface area (Å²) >= 11 is 1.46. The number of carbonyl (C=O) groups is 1. The van der Waals surface area contributed by atoms with E-state index in [2.05, 4.69) is 24.1 Å². The van der Waals surface area contributed by atoms with Crippen LogP contribution in [0.15, 0.2) is 54.6 Å². The molecular formula is C25H28N2O3S. The highest BCUT2D eigenvalue weighted by atomic mass is 32.1. The van der Waals surface area contributed by atoms with Gasteiger partial charge < -0.3 is 9.47 Å². The van der Waals surface area contributed by atoms with Crippen LogP contribution in [0.2, 0.25) is 0 Å². The molecule has 0 aliphatic rings. The lowest BCUT2D eigenvalue weighted by atomic mass is 10.1. The smallest absolute Gasteiger partial charge is 0.250 e. The van der Waals surface area contributed by atoms with Gasteiger partial charge in [-0.1, -0.05) is 50.2 Å². The zero-order valence-corrected chi connectivity index (χ0v) is 19.2. The van der Waals surface area contributed by atoms with Crippen LogP contribution in [-0.4, -0.2) is 24.6 Å². The van der Waals surface area contributed by atoms with Gasteiger partial charge in [-0.05, 0) is 43.0 Å². The van der Waals surface area contributed by atoms with E-state index in [1.54, 1.807) is 13.2 Å². The average Bonchev–Trinajstić information content (AvgIpc) is 3.13. The first-order valence-corrected chi connectivity index (χ1v) is 11.1. The number of anilines is 1. The van der Waals surface area contributed by atoms with E-state index in [4.69, 9.17) is 9.47 Å². The van der Waals surface area contributed by atoms with Crippen molar-refractivity contribution in [3.63, 3.8) is 0 Å². The molecule has 0 radical (unpaired) electrons. The number of aromatic nitrogens is 1. The molecule has 3 aromatic rings. The van der Waals surface area contributed by atoms with Crippen molar-refractivity contribution in [3.05, 3.63) is 65.0 Å². The van der Waals surface area contributed by atoms with Crippen LogP contribution in [-0.2, 0) is 4.79 Å². The quantitative estimate of drug-likeness (QED) is 0.406. The van der Waals surface area contributed by atoms with Crippen molar-refractivity contribution in [2.45, 2.75) is 27.2 Å². The van der Waals surface area contributed by atoms with E-state index < -0.39 is 0 Å². The highest BCUT2D eigenvalue weighted by Gasteiger charge is 2.11. The monoisotopic (exact) mass is 436 g/mol. The van der Waals surface area contributed by atoms with Crippen LogP contribution in [0, 0.1) is 12.8 Å². The molecular weight excluding hydrogens is 408 g/mol. The number of benzene rings is 2. The van der Waals surface area contributed by atoms with E-state index >= 15 is 0 Å². The van der Waals surface area contributed by atoms with Gasteiger partial charge in [-0.25, -0.2) is 4.98 Å². The maximum atomic E-state index is 12.4. The number of hydrogen-bond donors (Lipinski definition) is 1. The fourth-order valence-electron chi connectivity index (χ4n) is 2.94. The molecule has 162 valence electrons. The first-order chi connectivity index (χ1) is 15.0. The lowest BCUT2D eigenvalue weighted by Crippen LogP contribution is -2.07. The molecule has 0 saturated heterocycles. The Morgan fingerprint density at radius 3 is 2.65 bits per heavy atom. The fourth-order valence-corrected chi connectivity index (χ4v) is 3.78. The van der Waals surface area contributed by atoms with Gasteiger partial charge in [0, 0.05) is 16.5 Å². The molecule has 0 aliphatic carbocycles. The second-order valence-electron chi connectivity index (χ2n) is 7.55. The van der Waals surface area contributed by atoms with Crippen LogP contribution in [0.1, 0.15) is 30.7 Å². The van der Waals surface area contributed by atoms with Gasteiger partial charge in [0.1, 0.15) is 0 Å². The zero-order chi connectivity index (χ0) is 22.2. The number of methoxy groups -OCH3 is 1. The Kier molecular flexibility index (Phi) is 7.84. The Balaban J connectivity index is 1.63. The first-order valence-electron chi connectivity index (χ1n) is 10.3.